The zero-order chi connectivity index (χ0) is 23.1. The Labute approximate surface area is 183 Å². The van der Waals surface area contributed by atoms with Crippen LogP contribution in [0.3, 0.4) is 0 Å². The first-order chi connectivity index (χ1) is 14.7. The topological polar surface area (TPSA) is 126 Å². The van der Waals surface area contributed by atoms with Crippen LogP contribution in [0.1, 0.15) is 48.4 Å². The monoisotopic (exact) mass is 443 g/mol. The van der Waals surface area contributed by atoms with E-state index in [0.717, 1.165) is 11.3 Å². The number of amides is 2. The number of rotatable bonds is 7. The number of carbonyl (C=O) groups is 4. The van der Waals surface area contributed by atoms with Crippen molar-refractivity contribution in [3.05, 3.63) is 51.4 Å². The van der Waals surface area contributed by atoms with E-state index in [2.05, 4.69) is 5.32 Å². The number of thiophene rings is 1. The molecule has 2 aromatic rings. The first-order valence-corrected chi connectivity index (χ1v) is 10.0. The maximum atomic E-state index is 12.4. The summed E-state index contributed by atoms with van der Waals surface area (Å²) in [6, 6.07) is 7.68. The molecule has 162 valence electrons. The molecule has 0 atom stereocenters. The van der Waals surface area contributed by atoms with Crippen LogP contribution in [0.2, 0.25) is 0 Å². The van der Waals surface area contributed by atoms with Crippen LogP contribution in [0.25, 0.3) is 0 Å². The lowest BCUT2D eigenvalue weighted by molar-refractivity contribution is -0.119. The third-order valence-corrected chi connectivity index (χ3v) is 5.26. The van der Waals surface area contributed by atoms with Gasteiger partial charge in [-0.3, -0.25) is 9.59 Å². The van der Waals surface area contributed by atoms with Crippen molar-refractivity contribution in [3.8, 4) is 6.07 Å². The van der Waals surface area contributed by atoms with Crippen LogP contribution in [0.15, 0.2) is 24.3 Å². The zero-order valence-corrected chi connectivity index (χ0v) is 18.3. The molecule has 1 N–H and O–H groups in total. The molecule has 0 aliphatic carbocycles. The summed E-state index contributed by atoms with van der Waals surface area (Å²) in [5, 5.41) is 11.4. The van der Waals surface area contributed by atoms with Crippen molar-refractivity contribution >= 4 is 40.1 Å². The molecule has 0 aliphatic rings. The average molecular weight is 443 g/mol. The minimum Gasteiger partial charge on any atom is -0.462 e. The Kier molecular flexibility index (Phi) is 7.88. The van der Waals surface area contributed by atoms with Crippen molar-refractivity contribution in [1.82, 2.24) is 4.90 Å². The zero-order valence-electron chi connectivity index (χ0n) is 17.5. The van der Waals surface area contributed by atoms with Gasteiger partial charge in [0.05, 0.1) is 34.2 Å². The van der Waals surface area contributed by atoms with Crippen LogP contribution in [-0.2, 0) is 14.3 Å². The fraction of sp³-hybridized carbons (Fsp3) is 0.286. The Morgan fingerprint density at radius 1 is 1.10 bits per heavy atom. The molecule has 10 heteroatoms. The molecule has 2 amide bonds. The highest BCUT2D eigenvalue weighted by Crippen LogP contribution is 2.34. The molecular formula is C21H21N3O6S. The van der Waals surface area contributed by atoms with Gasteiger partial charge in [0.2, 0.25) is 0 Å². The van der Waals surface area contributed by atoms with Crippen molar-refractivity contribution in [3.63, 3.8) is 0 Å². The molecular weight excluding hydrogens is 422 g/mol. The molecule has 2 rings (SSSR count). The highest BCUT2D eigenvalue weighted by Gasteiger charge is 2.27. The van der Waals surface area contributed by atoms with Gasteiger partial charge in [0, 0.05) is 14.1 Å². The summed E-state index contributed by atoms with van der Waals surface area (Å²) in [6.07, 6.45) is 0. The number of ether oxygens (including phenoxy) is 2. The van der Waals surface area contributed by atoms with Gasteiger partial charge < -0.3 is 19.7 Å². The third kappa shape index (κ3) is 5.67. The quantitative estimate of drug-likeness (QED) is 0.652. The van der Waals surface area contributed by atoms with Gasteiger partial charge in [0.15, 0.2) is 6.61 Å². The lowest BCUT2D eigenvalue weighted by Crippen LogP contribution is -2.22. The van der Waals surface area contributed by atoms with Crippen molar-refractivity contribution in [2.24, 2.45) is 0 Å². The van der Waals surface area contributed by atoms with E-state index in [1.807, 2.05) is 6.07 Å². The standard InChI is InChI=1S/C21H21N3O6S/c1-5-29-21(28)16-12(2)17(19(26)24(3)4)31-18(16)23-15(25)11-30-20(27)14-8-6-13(10-22)7-9-14/h6-9H,5,11H2,1-4H3,(H,23,25). The number of hydrogen-bond donors (Lipinski definition) is 1. The first-order valence-electron chi connectivity index (χ1n) is 9.18. The second-order valence-electron chi connectivity index (χ2n) is 6.49. The Balaban J connectivity index is 2.16. The number of nitriles is 1. The number of nitrogens with zero attached hydrogens (tertiary/aromatic N) is 2. The first kappa shape index (κ1) is 23.6. The predicted octanol–water partition coefficient (Wildman–Crippen LogP) is 2.60. The highest BCUT2D eigenvalue weighted by molar-refractivity contribution is 7.18. The van der Waals surface area contributed by atoms with Crippen LogP contribution in [0, 0.1) is 18.3 Å². The Bertz CT molecular complexity index is 1050. The second kappa shape index (κ2) is 10.4. The van der Waals surface area contributed by atoms with Crippen LogP contribution in [0.4, 0.5) is 5.00 Å². The van der Waals surface area contributed by atoms with E-state index in [1.54, 1.807) is 27.9 Å². The molecule has 0 fully saturated rings. The summed E-state index contributed by atoms with van der Waals surface area (Å²) in [5.74, 6) is -2.41. The molecule has 0 radical (unpaired) electrons. The molecule has 31 heavy (non-hydrogen) atoms. The van der Waals surface area contributed by atoms with E-state index in [0.29, 0.717) is 11.1 Å². The summed E-state index contributed by atoms with van der Waals surface area (Å²) in [6.45, 7) is 2.77. The predicted molar refractivity (Wildman–Crippen MR) is 113 cm³/mol. The summed E-state index contributed by atoms with van der Waals surface area (Å²) in [4.78, 5) is 50.8. The second-order valence-corrected chi connectivity index (χ2v) is 7.51. The van der Waals surface area contributed by atoms with Gasteiger partial charge in [-0.2, -0.15) is 5.26 Å². The Morgan fingerprint density at radius 2 is 1.74 bits per heavy atom. The lowest BCUT2D eigenvalue weighted by atomic mass is 10.1. The van der Waals surface area contributed by atoms with E-state index in [1.165, 1.54) is 29.2 Å². The molecule has 0 spiro atoms. The Morgan fingerprint density at radius 3 is 2.29 bits per heavy atom. The molecule has 0 unspecified atom stereocenters. The van der Waals surface area contributed by atoms with E-state index in [9.17, 15) is 19.2 Å². The Hall–Kier alpha value is -3.71. The SMILES string of the molecule is CCOC(=O)c1c(NC(=O)COC(=O)c2ccc(C#N)cc2)sc(C(=O)N(C)C)c1C. The number of hydrogen-bond acceptors (Lipinski definition) is 8. The summed E-state index contributed by atoms with van der Waals surface area (Å²) < 4.78 is 10.0. The average Bonchev–Trinajstić information content (AvgIpc) is 3.07. The fourth-order valence-corrected chi connectivity index (χ4v) is 3.75. The molecule has 0 saturated heterocycles. The van der Waals surface area contributed by atoms with Crippen LogP contribution in [0.5, 0.6) is 0 Å². The van der Waals surface area contributed by atoms with Gasteiger partial charge in [0.25, 0.3) is 11.8 Å². The summed E-state index contributed by atoms with van der Waals surface area (Å²) >= 11 is 0.945. The molecule has 9 nitrogen and oxygen atoms in total. The van der Waals surface area contributed by atoms with Gasteiger partial charge in [0.1, 0.15) is 5.00 Å². The van der Waals surface area contributed by atoms with Crippen molar-refractivity contribution in [2.75, 3.05) is 32.6 Å². The van der Waals surface area contributed by atoms with E-state index >= 15 is 0 Å². The number of benzene rings is 1. The van der Waals surface area contributed by atoms with Crippen molar-refractivity contribution in [2.45, 2.75) is 13.8 Å². The highest BCUT2D eigenvalue weighted by atomic mass is 32.1. The van der Waals surface area contributed by atoms with Crippen LogP contribution >= 0.6 is 11.3 Å². The molecule has 0 aliphatic heterocycles. The maximum Gasteiger partial charge on any atom is 0.341 e. The van der Waals surface area contributed by atoms with Gasteiger partial charge in [-0.25, -0.2) is 9.59 Å². The van der Waals surface area contributed by atoms with Crippen LogP contribution in [-0.4, -0.2) is 56.0 Å². The number of anilines is 1. The minimum atomic E-state index is -0.740. The maximum absolute atomic E-state index is 12.4. The molecule has 1 heterocycles. The molecule has 0 bridgehead atoms. The number of esters is 2. The third-order valence-electron chi connectivity index (χ3n) is 4.06. The van der Waals surface area contributed by atoms with Gasteiger partial charge in [-0.15, -0.1) is 11.3 Å². The van der Waals surface area contributed by atoms with Gasteiger partial charge >= 0.3 is 11.9 Å². The van der Waals surface area contributed by atoms with E-state index in [-0.39, 0.29) is 33.5 Å². The largest absolute Gasteiger partial charge is 0.462 e. The lowest BCUT2D eigenvalue weighted by Gasteiger charge is -2.09. The van der Waals surface area contributed by atoms with Crippen molar-refractivity contribution < 1.29 is 28.7 Å². The molecule has 1 aromatic heterocycles. The summed E-state index contributed by atoms with van der Waals surface area (Å²) in [5.41, 5.74) is 1.05. The molecule has 0 saturated carbocycles. The smallest absolute Gasteiger partial charge is 0.341 e. The minimum absolute atomic E-state index is 0.0869. The number of nitrogens with one attached hydrogen (secondary N) is 1. The van der Waals surface area contributed by atoms with E-state index in [4.69, 9.17) is 14.7 Å². The van der Waals surface area contributed by atoms with Gasteiger partial charge in [-0.1, -0.05) is 0 Å². The normalized spacial score (nSPS) is 10.0. The molecule has 1 aromatic carbocycles. The fourth-order valence-electron chi connectivity index (χ4n) is 2.52. The van der Waals surface area contributed by atoms with Gasteiger partial charge in [-0.05, 0) is 43.7 Å². The van der Waals surface area contributed by atoms with E-state index < -0.39 is 24.5 Å². The van der Waals surface area contributed by atoms with Crippen LogP contribution < -0.4 is 5.32 Å². The summed E-state index contributed by atoms with van der Waals surface area (Å²) in [7, 11) is 3.15. The van der Waals surface area contributed by atoms with Crippen molar-refractivity contribution in [1.29, 1.82) is 5.26 Å². The number of carbonyl (C=O) groups excluding carboxylic acids is 4.